The van der Waals surface area contributed by atoms with Gasteiger partial charge in [0.15, 0.2) is 0 Å². The van der Waals surface area contributed by atoms with Crippen molar-refractivity contribution in [1.82, 2.24) is 4.90 Å². The Kier molecular flexibility index (Phi) is 3.91. The topological polar surface area (TPSA) is 23.6 Å². The lowest BCUT2D eigenvalue weighted by molar-refractivity contribution is 0.205. The largest absolute Gasteiger partial charge is 0.324 e. The molecule has 0 fully saturated rings. The fraction of sp³-hybridized carbons (Fsp3) is 0.278. The van der Waals surface area contributed by atoms with E-state index in [2.05, 4.69) is 18.2 Å². The van der Waals surface area contributed by atoms with E-state index in [1.807, 2.05) is 53.1 Å². The van der Waals surface area contributed by atoms with Crippen LogP contribution in [0.3, 0.4) is 0 Å². The second-order valence-corrected chi connectivity index (χ2v) is 5.31. The van der Waals surface area contributed by atoms with Crippen molar-refractivity contribution in [2.75, 3.05) is 18.0 Å². The van der Waals surface area contributed by atoms with Crippen LogP contribution in [0.1, 0.15) is 18.1 Å². The maximum absolute atomic E-state index is 12.8. The predicted molar refractivity (Wildman–Crippen MR) is 85.4 cm³/mol. The van der Waals surface area contributed by atoms with Crippen LogP contribution in [0.15, 0.2) is 54.6 Å². The van der Waals surface area contributed by atoms with Crippen molar-refractivity contribution in [3.05, 3.63) is 65.7 Å². The highest BCUT2D eigenvalue weighted by molar-refractivity contribution is 5.94. The van der Waals surface area contributed by atoms with Gasteiger partial charge >= 0.3 is 6.03 Å². The van der Waals surface area contributed by atoms with E-state index < -0.39 is 0 Å². The van der Waals surface area contributed by atoms with Crippen LogP contribution >= 0.6 is 0 Å². The van der Waals surface area contributed by atoms with E-state index in [1.165, 1.54) is 11.1 Å². The Hall–Kier alpha value is -2.29. The maximum atomic E-state index is 12.8. The summed E-state index contributed by atoms with van der Waals surface area (Å²) in [5.74, 6) is 0. The smallest absolute Gasteiger partial charge is 0.320 e. The molecule has 1 aliphatic rings. The van der Waals surface area contributed by atoms with Gasteiger partial charge in [0, 0.05) is 25.3 Å². The second-order valence-electron chi connectivity index (χ2n) is 5.31. The van der Waals surface area contributed by atoms with Gasteiger partial charge in [0.1, 0.15) is 0 Å². The number of carbonyl (C=O) groups is 1. The molecule has 3 nitrogen and oxygen atoms in total. The average Bonchev–Trinajstić information content (AvgIpc) is 2.97. The van der Waals surface area contributed by atoms with E-state index in [4.69, 9.17) is 0 Å². The molecular weight excluding hydrogens is 260 g/mol. The molecule has 0 atom stereocenters. The fourth-order valence-electron chi connectivity index (χ4n) is 2.83. The first-order valence-corrected chi connectivity index (χ1v) is 7.48. The van der Waals surface area contributed by atoms with Crippen molar-refractivity contribution < 1.29 is 4.79 Å². The van der Waals surface area contributed by atoms with Gasteiger partial charge in [-0.2, -0.15) is 0 Å². The number of nitrogens with zero attached hydrogens (tertiary/aromatic N) is 2. The minimum atomic E-state index is 0.103. The van der Waals surface area contributed by atoms with Crippen molar-refractivity contribution in [3.63, 3.8) is 0 Å². The first kappa shape index (κ1) is 13.7. The molecule has 0 saturated heterocycles. The van der Waals surface area contributed by atoms with Crippen LogP contribution in [-0.2, 0) is 13.0 Å². The molecule has 0 unspecified atom stereocenters. The third-order valence-corrected chi connectivity index (χ3v) is 3.99. The van der Waals surface area contributed by atoms with E-state index in [0.29, 0.717) is 13.1 Å². The lowest BCUT2D eigenvalue weighted by Crippen LogP contribution is -2.42. The number of anilines is 1. The van der Waals surface area contributed by atoms with Crippen LogP contribution in [0.4, 0.5) is 10.5 Å². The highest BCUT2D eigenvalue weighted by atomic mass is 16.2. The standard InChI is InChI=1S/C18H20N2O/c1-2-19(14-15-8-4-3-5-9-15)18(21)20-13-12-16-10-6-7-11-17(16)20/h3-11H,2,12-14H2,1H3. The molecule has 108 valence electrons. The molecular formula is C18H20N2O. The maximum Gasteiger partial charge on any atom is 0.324 e. The summed E-state index contributed by atoms with van der Waals surface area (Å²) in [6.07, 6.45) is 0.949. The summed E-state index contributed by atoms with van der Waals surface area (Å²) >= 11 is 0. The fourth-order valence-corrected chi connectivity index (χ4v) is 2.83. The molecule has 0 bridgehead atoms. The van der Waals surface area contributed by atoms with Gasteiger partial charge in [-0.1, -0.05) is 48.5 Å². The molecule has 2 aromatic rings. The van der Waals surface area contributed by atoms with Crippen LogP contribution in [0, 0.1) is 0 Å². The summed E-state index contributed by atoms with van der Waals surface area (Å²) in [4.78, 5) is 16.6. The zero-order valence-corrected chi connectivity index (χ0v) is 12.3. The van der Waals surface area contributed by atoms with Gasteiger partial charge in [0.25, 0.3) is 0 Å². The van der Waals surface area contributed by atoms with Crippen molar-refractivity contribution in [1.29, 1.82) is 0 Å². The molecule has 1 heterocycles. The summed E-state index contributed by atoms with van der Waals surface area (Å²) in [6, 6.07) is 18.4. The molecule has 0 aromatic heterocycles. The lowest BCUT2D eigenvalue weighted by Gasteiger charge is -2.27. The predicted octanol–water partition coefficient (Wildman–Crippen LogP) is 3.69. The molecule has 0 spiro atoms. The number of para-hydroxylation sites is 1. The van der Waals surface area contributed by atoms with E-state index in [9.17, 15) is 4.79 Å². The number of urea groups is 1. The Morgan fingerprint density at radius 2 is 1.81 bits per heavy atom. The van der Waals surface area contributed by atoms with E-state index >= 15 is 0 Å². The van der Waals surface area contributed by atoms with Crippen LogP contribution in [0.25, 0.3) is 0 Å². The van der Waals surface area contributed by atoms with Crippen molar-refractivity contribution in [3.8, 4) is 0 Å². The molecule has 0 saturated carbocycles. The quantitative estimate of drug-likeness (QED) is 0.841. The second kappa shape index (κ2) is 6.00. The van der Waals surface area contributed by atoms with Crippen LogP contribution in [0.5, 0.6) is 0 Å². The molecule has 3 rings (SSSR count). The Balaban J connectivity index is 1.78. The summed E-state index contributed by atoms with van der Waals surface area (Å²) in [5.41, 5.74) is 3.50. The van der Waals surface area contributed by atoms with E-state index in [1.54, 1.807) is 0 Å². The van der Waals surface area contributed by atoms with Crippen LogP contribution < -0.4 is 4.90 Å². The number of rotatable bonds is 3. The van der Waals surface area contributed by atoms with Gasteiger partial charge in [-0.25, -0.2) is 4.79 Å². The zero-order chi connectivity index (χ0) is 14.7. The molecule has 2 amide bonds. The van der Waals surface area contributed by atoms with Gasteiger partial charge in [-0.05, 0) is 30.5 Å². The normalized spacial score (nSPS) is 13.1. The van der Waals surface area contributed by atoms with Crippen molar-refractivity contribution >= 4 is 11.7 Å². The molecule has 1 aliphatic heterocycles. The number of fused-ring (bicyclic) bond motifs is 1. The average molecular weight is 280 g/mol. The summed E-state index contributed by atoms with van der Waals surface area (Å²) < 4.78 is 0. The molecule has 0 N–H and O–H groups in total. The molecule has 21 heavy (non-hydrogen) atoms. The molecule has 0 radical (unpaired) electrons. The minimum absolute atomic E-state index is 0.103. The van der Waals surface area contributed by atoms with Gasteiger partial charge in [0.05, 0.1) is 0 Å². The van der Waals surface area contributed by atoms with Crippen molar-refractivity contribution in [2.45, 2.75) is 19.9 Å². The number of carbonyl (C=O) groups excluding carboxylic acids is 1. The van der Waals surface area contributed by atoms with Gasteiger partial charge in [-0.15, -0.1) is 0 Å². The van der Waals surface area contributed by atoms with Crippen LogP contribution in [-0.4, -0.2) is 24.0 Å². The Labute approximate surface area is 125 Å². The Bertz CT molecular complexity index is 624. The third kappa shape index (κ3) is 2.77. The summed E-state index contributed by atoms with van der Waals surface area (Å²) in [5, 5.41) is 0. The summed E-state index contributed by atoms with van der Waals surface area (Å²) in [6.45, 7) is 4.19. The minimum Gasteiger partial charge on any atom is -0.320 e. The Morgan fingerprint density at radius 1 is 1.10 bits per heavy atom. The summed E-state index contributed by atoms with van der Waals surface area (Å²) in [7, 11) is 0. The first-order valence-electron chi connectivity index (χ1n) is 7.48. The van der Waals surface area contributed by atoms with Gasteiger partial charge in [-0.3, -0.25) is 4.90 Å². The number of amides is 2. The molecule has 2 aromatic carbocycles. The molecule has 3 heteroatoms. The van der Waals surface area contributed by atoms with E-state index in [0.717, 1.165) is 18.7 Å². The monoisotopic (exact) mass is 280 g/mol. The highest BCUT2D eigenvalue weighted by Gasteiger charge is 2.27. The first-order chi connectivity index (χ1) is 10.3. The Morgan fingerprint density at radius 3 is 2.57 bits per heavy atom. The highest BCUT2D eigenvalue weighted by Crippen LogP contribution is 2.28. The van der Waals surface area contributed by atoms with Gasteiger partial charge in [0.2, 0.25) is 0 Å². The SMILES string of the molecule is CCN(Cc1ccccc1)C(=O)N1CCc2ccccc21. The number of hydrogen-bond donors (Lipinski definition) is 0. The van der Waals surface area contributed by atoms with Crippen molar-refractivity contribution in [2.24, 2.45) is 0 Å². The van der Waals surface area contributed by atoms with Gasteiger partial charge < -0.3 is 4.90 Å². The zero-order valence-electron chi connectivity index (χ0n) is 12.3. The number of benzene rings is 2. The molecule has 0 aliphatic carbocycles. The number of hydrogen-bond acceptors (Lipinski definition) is 1. The van der Waals surface area contributed by atoms with E-state index in [-0.39, 0.29) is 6.03 Å². The lowest BCUT2D eigenvalue weighted by atomic mass is 10.2. The van der Waals surface area contributed by atoms with Crippen LogP contribution in [0.2, 0.25) is 0 Å². The third-order valence-electron chi connectivity index (χ3n) is 3.99.